The summed E-state index contributed by atoms with van der Waals surface area (Å²) < 4.78 is 27.8. The van der Waals surface area contributed by atoms with E-state index in [9.17, 15) is 8.42 Å². The molecule has 0 atom stereocenters. The zero-order valence-electron chi connectivity index (χ0n) is 20.1. The molecule has 1 aromatic heterocycles. The number of aromatic nitrogens is 2. The van der Waals surface area contributed by atoms with E-state index in [2.05, 4.69) is 15.4 Å². The number of fused-ring (bicyclic) bond motifs is 1. The predicted molar refractivity (Wildman–Crippen MR) is 145 cm³/mol. The van der Waals surface area contributed by atoms with Gasteiger partial charge in [-0.2, -0.15) is 4.98 Å². The summed E-state index contributed by atoms with van der Waals surface area (Å²) >= 11 is 0. The first-order chi connectivity index (χ1) is 17.6. The second kappa shape index (κ2) is 11.1. The Morgan fingerprint density at radius 3 is 2.06 bits per heavy atom. The molecule has 0 unspecified atom stereocenters. The number of para-hydroxylation sites is 2. The lowest BCUT2D eigenvalue weighted by molar-refractivity contribution is 0.284. The third-order valence-corrected chi connectivity index (χ3v) is 8.21. The van der Waals surface area contributed by atoms with Crippen LogP contribution in [0.5, 0.6) is 0 Å². The van der Waals surface area contributed by atoms with E-state index in [0.29, 0.717) is 29.2 Å². The van der Waals surface area contributed by atoms with Crippen molar-refractivity contribution in [1.29, 1.82) is 0 Å². The van der Waals surface area contributed by atoms with Gasteiger partial charge < -0.3 is 10.6 Å². The second-order valence-electron chi connectivity index (χ2n) is 9.34. The minimum atomic E-state index is -3.45. The number of hydrogen-bond donors (Lipinski definition) is 3. The summed E-state index contributed by atoms with van der Waals surface area (Å²) in [6, 6.07) is 26.6. The van der Waals surface area contributed by atoms with E-state index >= 15 is 0 Å². The summed E-state index contributed by atoms with van der Waals surface area (Å²) in [4.78, 5) is 9.81. The molecular weight excluding hydrogens is 470 g/mol. The number of sulfonamides is 1. The molecular formula is C28H31N5O2S. The van der Waals surface area contributed by atoms with Gasteiger partial charge in [-0.15, -0.1) is 0 Å². The lowest BCUT2D eigenvalue weighted by Gasteiger charge is -2.28. The monoisotopic (exact) mass is 501 g/mol. The van der Waals surface area contributed by atoms with Gasteiger partial charge in [0.25, 0.3) is 0 Å². The van der Waals surface area contributed by atoms with Gasteiger partial charge in [0.15, 0.2) is 0 Å². The van der Waals surface area contributed by atoms with E-state index in [1.54, 1.807) is 24.3 Å². The molecule has 186 valence electrons. The van der Waals surface area contributed by atoms with E-state index < -0.39 is 10.0 Å². The van der Waals surface area contributed by atoms with Crippen molar-refractivity contribution in [2.45, 2.75) is 30.6 Å². The summed E-state index contributed by atoms with van der Waals surface area (Å²) in [7, 11) is -3.45. The zero-order chi connectivity index (χ0) is 24.8. The maximum Gasteiger partial charge on any atom is 0.240 e. The molecule has 0 bridgehead atoms. The van der Waals surface area contributed by atoms with E-state index in [1.807, 2.05) is 60.7 Å². The van der Waals surface area contributed by atoms with Crippen LogP contribution in [0.25, 0.3) is 10.9 Å². The smallest absolute Gasteiger partial charge is 0.240 e. The molecule has 36 heavy (non-hydrogen) atoms. The summed E-state index contributed by atoms with van der Waals surface area (Å²) in [5.74, 6) is 2.26. The minimum Gasteiger partial charge on any atom is -0.354 e. The molecule has 0 saturated heterocycles. The number of rotatable bonds is 9. The zero-order valence-corrected chi connectivity index (χ0v) is 20.9. The Balaban J connectivity index is 1.16. The van der Waals surface area contributed by atoms with Gasteiger partial charge in [0.1, 0.15) is 5.82 Å². The molecule has 3 N–H and O–H groups in total. The molecule has 1 aliphatic rings. The first-order valence-corrected chi connectivity index (χ1v) is 13.9. The van der Waals surface area contributed by atoms with Crippen molar-refractivity contribution in [2.24, 2.45) is 11.8 Å². The normalized spacial score (nSPS) is 18.1. The molecule has 7 nitrogen and oxygen atoms in total. The Hall–Kier alpha value is -3.49. The molecule has 4 aromatic rings. The second-order valence-corrected chi connectivity index (χ2v) is 11.1. The van der Waals surface area contributed by atoms with Crippen molar-refractivity contribution in [1.82, 2.24) is 14.7 Å². The van der Waals surface area contributed by atoms with Crippen LogP contribution >= 0.6 is 0 Å². The highest BCUT2D eigenvalue weighted by Gasteiger charge is 2.23. The average molecular weight is 502 g/mol. The van der Waals surface area contributed by atoms with Gasteiger partial charge >= 0.3 is 0 Å². The molecule has 1 heterocycles. The lowest BCUT2D eigenvalue weighted by atomic mass is 9.82. The quantitative estimate of drug-likeness (QED) is 0.277. The fourth-order valence-electron chi connectivity index (χ4n) is 4.70. The third-order valence-electron chi connectivity index (χ3n) is 6.77. The first kappa shape index (κ1) is 24.2. The van der Waals surface area contributed by atoms with Crippen LogP contribution in [-0.2, 0) is 10.0 Å². The van der Waals surface area contributed by atoms with Crippen molar-refractivity contribution >= 4 is 38.4 Å². The van der Waals surface area contributed by atoms with Crippen LogP contribution in [0.2, 0.25) is 0 Å². The van der Waals surface area contributed by atoms with Gasteiger partial charge in [-0.05, 0) is 73.9 Å². The standard InChI is InChI=1S/C28H31N5O2S/c34-36(35,24-11-5-2-6-12-24)30-20-22-17-15-21(16-18-22)19-29-28-32-26-14-8-7-13-25(26)27(33-28)31-23-9-3-1-4-10-23/h1-14,21-22,30H,15-20H2,(H2,29,31,32,33)/t21-,22-. The van der Waals surface area contributed by atoms with Crippen LogP contribution in [0, 0.1) is 11.8 Å². The number of benzene rings is 3. The summed E-state index contributed by atoms with van der Waals surface area (Å²) in [5.41, 5.74) is 1.87. The Kier molecular flexibility index (Phi) is 7.44. The maximum atomic E-state index is 12.5. The Morgan fingerprint density at radius 1 is 0.722 bits per heavy atom. The van der Waals surface area contributed by atoms with Crippen molar-refractivity contribution in [3.8, 4) is 0 Å². The van der Waals surface area contributed by atoms with Crippen molar-refractivity contribution in [2.75, 3.05) is 23.7 Å². The van der Waals surface area contributed by atoms with Crippen LogP contribution in [0.15, 0.2) is 89.8 Å². The molecule has 1 aliphatic carbocycles. The van der Waals surface area contributed by atoms with Gasteiger partial charge in [0.2, 0.25) is 16.0 Å². The third kappa shape index (κ3) is 6.01. The molecule has 1 saturated carbocycles. The van der Waals surface area contributed by atoms with Gasteiger partial charge in [0, 0.05) is 24.2 Å². The van der Waals surface area contributed by atoms with E-state index in [-0.39, 0.29) is 0 Å². The number of nitrogens with one attached hydrogen (secondary N) is 3. The largest absolute Gasteiger partial charge is 0.354 e. The Bertz CT molecular complexity index is 1390. The molecule has 0 amide bonds. The van der Waals surface area contributed by atoms with Gasteiger partial charge in [-0.25, -0.2) is 18.1 Å². The maximum absolute atomic E-state index is 12.5. The van der Waals surface area contributed by atoms with Crippen LogP contribution in [0.4, 0.5) is 17.5 Å². The Labute approximate surface area is 212 Å². The van der Waals surface area contributed by atoms with Crippen molar-refractivity contribution < 1.29 is 8.42 Å². The number of nitrogens with zero attached hydrogens (tertiary/aromatic N) is 2. The van der Waals surface area contributed by atoms with E-state index in [0.717, 1.165) is 54.6 Å². The average Bonchev–Trinajstić information content (AvgIpc) is 2.92. The molecule has 1 fully saturated rings. The molecule has 5 rings (SSSR count). The predicted octanol–water partition coefficient (Wildman–Crippen LogP) is 5.57. The minimum absolute atomic E-state index is 0.319. The van der Waals surface area contributed by atoms with Gasteiger partial charge in [0.05, 0.1) is 10.4 Å². The summed E-state index contributed by atoms with van der Waals surface area (Å²) in [6.45, 7) is 1.28. The highest BCUT2D eigenvalue weighted by molar-refractivity contribution is 7.89. The summed E-state index contributed by atoms with van der Waals surface area (Å²) in [6.07, 6.45) is 4.10. The van der Waals surface area contributed by atoms with Crippen LogP contribution in [-0.4, -0.2) is 31.5 Å². The molecule has 0 spiro atoms. The fraction of sp³-hybridized carbons (Fsp3) is 0.286. The molecule has 8 heteroatoms. The van der Waals surface area contributed by atoms with Crippen LogP contribution in [0.1, 0.15) is 25.7 Å². The molecule has 0 radical (unpaired) electrons. The Morgan fingerprint density at radius 2 is 1.33 bits per heavy atom. The van der Waals surface area contributed by atoms with Crippen molar-refractivity contribution in [3.05, 3.63) is 84.9 Å². The molecule has 0 aliphatic heterocycles. The first-order valence-electron chi connectivity index (χ1n) is 12.4. The van der Waals surface area contributed by atoms with E-state index in [1.165, 1.54) is 0 Å². The highest BCUT2D eigenvalue weighted by atomic mass is 32.2. The van der Waals surface area contributed by atoms with Crippen LogP contribution in [0.3, 0.4) is 0 Å². The van der Waals surface area contributed by atoms with Crippen molar-refractivity contribution in [3.63, 3.8) is 0 Å². The van der Waals surface area contributed by atoms with Crippen LogP contribution < -0.4 is 15.4 Å². The SMILES string of the molecule is O=S(=O)(NC[C@H]1CC[C@H](CNc2nc(Nc3ccccc3)c3ccccc3n2)CC1)c1ccccc1. The molecule has 3 aromatic carbocycles. The lowest BCUT2D eigenvalue weighted by Crippen LogP contribution is -2.32. The highest BCUT2D eigenvalue weighted by Crippen LogP contribution is 2.30. The summed E-state index contributed by atoms with van der Waals surface area (Å²) in [5, 5.41) is 7.85. The fourth-order valence-corrected chi connectivity index (χ4v) is 5.83. The number of anilines is 3. The topological polar surface area (TPSA) is 96.0 Å². The van der Waals surface area contributed by atoms with E-state index in [4.69, 9.17) is 9.97 Å². The van der Waals surface area contributed by atoms with Gasteiger partial charge in [-0.3, -0.25) is 0 Å². The number of hydrogen-bond acceptors (Lipinski definition) is 6. The van der Waals surface area contributed by atoms with Gasteiger partial charge in [-0.1, -0.05) is 48.5 Å².